The Kier molecular flexibility index (Phi) is 4.84. The van der Waals surface area contributed by atoms with Gasteiger partial charge in [-0.2, -0.15) is 4.80 Å². The van der Waals surface area contributed by atoms with Gasteiger partial charge in [-0.15, -0.1) is 10.2 Å². The van der Waals surface area contributed by atoms with E-state index >= 15 is 0 Å². The van der Waals surface area contributed by atoms with Crippen molar-refractivity contribution in [2.24, 2.45) is 7.05 Å². The standard InChI is InChI=1S/C19H19FN10O2/c1-28-26-17(25-27-28)13-7-15(22-12-3-2-6-29(10-12)19(31)32)24-18(23-13)14-8-21-16-5-4-11(20)9-30(14)16/h4-5,7-9,12H,2-3,6,10H2,1H3,(H,31,32)(H,22,23,24). The van der Waals surface area contributed by atoms with Crippen molar-refractivity contribution in [3.05, 3.63) is 36.4 Å². The van der Waals surface area contributed by atoms with E-state index in [9.17, 15) is 14.3 Å². The summed E-state index contributed by atoms with van der Waals surface area (Å²) in [5.74, 6) is 0.648. The van der Waals surface area contributed by atoms with E-state index in [0.717, 1.165) is 12.8 Å². The van der Waals surface area contributed by atoms with Crippen molar-refractivity contribution in [2.45, 2.75) is 18.9 Å². The maximum absolute atomic E-state index is 13.9. The zero-order valence-electron chi connectivity index (χ0n) is 17.1. The molecule has 0 bridgehead atoms. The molecule has 1 atom stereocenters. The lowest BCUT2D eigenvalue weighted by Crippen LogP contribution is -2.44. The summed E-state index contributed by atoms with van der Waals surface area (Å²) in [5, 5.41) is 24.7. The first kappa shape index (κ1) is 19.8. The molecule has 32 heavy (non-hydrogen) atoms. The second-order valence-corrected chi connectivity index (χ2v) is 7.50. The molecule has 1 saturated heterocycles. The predicted octanol–water partition coefficient (Wildman–Crippen LogP) is 1.68. The average molecular weight is 438 g/mol. The van der Waals surface area contributed by atoms with Gasteiger partial charge in [-0.3, -0.25) is 4.40 Å². The Morgan fingerprint density at radius 1 is 1.28 bits per heavy atom. The van der Waals surface area contributed by atoms with Crippen molar-refractivity contribution in [3.63, 3.8) is 0 Å². The minimum absolute atomic E-state index is 0.120. The number of anilines is 1. The summed E-state index contributed by atoms with van der Waals surface area (Å²) in [5.41, 5.74) is 1.46. The second kappa shape index (κ2) is 7.83. The van der Waals surface area contributed by atoms with Crippen molar-refractivity contribution < 1.29 is 14.3 Å². The maximum atomic E-state index is 13.9. The number of aromatic nitrogens is 8. The Morgan fingerprint density at radius 3 is 2.94 bits per heavy atom. The Labute approximate surface area is 180 Å². The van der Waals surface area contributed by atoms with Crippen LogP contribution in [0.2, 0.25) is 0 Å². The monoisotopic (exact) mass is 438 g/mol. The first-order valence-corrected chi connectivity index (χ1v) is 9.97. The van der Waals surface area contributed by atoms with Gasteiger partial charge in [-0.05, 0) is 30.2 Å². The van der Waals surface area contributed by atoms with E-state index in [0.29, 0.717) is 47.6 Å². The average Bonchev–Trinajstić information content (AvgIpc) is 3.39. The third-order valence-corrected chi connectivity index (χ3v) is 5.21. The van der Waals surface area contributed by atoms with Crippen LogP contribution in [0, 0.1) is 5.82 Å². The van der Waals surface area contributed by atoms with E-state index in [1.807, 2.05) is 0 Å². The minimum Gasteiger partial charge on any atom is -0.465 e. The number of aryl methyl sites for hydroxylation is 1. The lowest BCUT2D eigenvalue weighted by molar-refractivity contribution is 0.133. The number of carboxylic acid groups (broad SMARTS) is 1. The molecule has 1 aliphatic heterocycles. The third kappa shape index (κ3) is 3.79. The van der Waals surface area contributed by atoms with Crippen LogP contribution in [0.3, 0.4) is 0 Å². The zero-order valence-corrected chi connectivity index (χ0v) is 17.1. The molecule has 13 heteroatoms. The van der Waals surface area contributed by atoms with Crippen LogP contribution in [-0.4, -0.2) is 74.8 Å². The first-order valence-electron chi connectivity index (χ1n) is 9.97. The summed E-state index contributed by atoms with van der Waals surface area (Å²) in [6.07, 6.45) is 3.47. The molecule has 2 N–H and O–H groups in total. The molecule has 0 radical (unpaired) electrons. The van der Waals surface area contributed by atoms with Gasteiger partial charge in [0, 0.05) is 31.4 Å². The maximum Gasteiger partial charge on any atom is 0.407 e. The number of carbonyl (C=O) groups is 1. The minimum atomic E-state index is -0.947. The number of tetrazole rings is 1. The fourth-order valence-electron chi connectivity index (χ4n) is 3.73. The molecule has 1 unspecified atom stereocenters. The molecule has 4 aromatic rings. The van der Waals surface area contributed by atoms with Gasteiger partial charge < -0.3 is 15.3 Å². The van der Waals surface area contributed by atoms with Gasteiger partial charge >= 0.3 is 6.09 Å². The Bertz CT molecular complexity index is 1300. The van der Waals surface area contributed by atoms with Crippen molar-refractivity contribution in [2.75, 3.05) is 18.4 Å². The molecule has 5 heterocycles. The number of piperidine rings is 1. The van der Waals surface area contributed by atoms with E-state index in [4.69, 9.17) is 0 Å². The number of amides is 1. The van der Waals surface area contributed by atoms with Crippen molar-refractivity contribution in [3.8, 4) is 23.0 Å². The van der Waals surface area contributed by atoms with Gasteiger partial charge in [-0.1, -0.05) is 0 Å². The normalized spacial score (nSPS) is 16.4. The van der Waals surface area contributed by atoms with Gasteiger partial charge in [0.15, 0.2) is 5.82 Å². The van der Waals surface area contributed by atoms with Crippen LogP contribution < -0.4 is 5.32 Å². The molecule has 5 rings (SSSR count). The molecular formula is C19H19FN10O2. The highest BCUT2D eigenvalue weighted by atomic mass is 19.1. The SMILES string of the molecule is Cn1nnc(-c2cc(NC3CCCN(C(=O)O)C3)nc(-c3cnc4ccc(F)cn34)n2)n1. The zero-order chi connectivity index (χ0) is 22.2. The number of rotatable bonds is 4. The molecule has 0 spiro atoms. The number of hydrogen-bond donors (Lipinski definition) is 2. The van der Waals surface area contributed by atoms with E-state index in [1.54, 1.807) is 29.8 Å². The van der Waals surface area contributed by atoms with Crippen LogP contribution in [0.4, 0.5) is 15.0 Å². The molecule has 12 nitrogen and oxygen atoms in total. The Morgan fingerprint density at radius 2 is 2.16 bits per heavy atom. The lowest BCUT2D eigenvalue weighted by atomic mass is 10.1. The number of nitrogens with zero attached hydrogens (tertiary/aromatic N) is 9. The van der Waals surface area contributed by atoms with Gasteiger partial charge in [-0.25, -0.2) is 24.1 Å². The van der Waals surface area contributed by atoms with Gasteiger partial charge in [0.25, 0.3) is 0 Å². The topological polar surface area (TPSA) is 139 Å². The molecule has 0 aliphatic carbocycles. The number of halogens is 1. The van der Waals surface area contributed by atoms with E-state index < -0.39 is 11.9 Å². The molecule has 4 aromatic heterocycles. The molecule has 0 saturated carbocycles. The van der Waals surface area contributed by atoms with E-state index in [-0.39, 0.29) is 6.04 Å². The van der Waals surface area contributed by atoms with Crippen LogP contribution in [-0.2, 0) is 7.05 Å². The lowest BCUT2D eigenvalue weighted by Gasteiger charge is -2.31. The van der Waals surface area contributed by atoms with Gasteiger partial charge in [0.2, 0.25) is 5.82 Å². The van der Waals surface area contributed by atoms with Crippen molar-refractivity contribution in [1.82, 2.24) is 44.5 Å². The molecule has 164 valence electrons. The van der Waals surface area contributed by atoms with Crippen molar-refractivity contribution in [1.29, 1.82) is 0 Å². The molecular weight excluding hydrogens is 419 g/mol. The largest absolute Gasteiger partial charge is 0.465 e. The summed E-state index contributed by atoms with van der Waals surface area (Å²) in [6, 6.07) is 4.46. The first-order chi connectivity index (χ1) is 15.5. The van der Waals surface area contributed by atoms with Crippen LogP contribution in [0.5, 0.6) is 0 Å². The summed E-state index contributed by atoms with van der Waals surface area (Å²) < 4.78 is 15.4. The predicted molar refractivity (Wildman–Crippen MR) is 110 cm³/mol. The van der Waals surface area contributed by atoms with Crippen molar-refractivity contribution >= 4 is 17.6 Å². The number of nitrogens with one attached hydrogen (secondary N) is 1. The fraction of sp³-hybridized carbons (Fsp3) is 0.316. The van der Waals surface area contributed by atoms with Gasteiger partial charge in [0.05, 0.1) is 13.2 Å². The quantitative estimate of drug-likeness (QED) is 0.487. The smallest absolute Gasteiger partial charge is 0.407 e. The Hall–Kier alpha value is -4.16. The van der Waals surface area contributed by atoms with E-state index in [2.05, 4.69) is 35.7 Å². The molecule has 1 amide bonds. The second-order valence-electron chi connectivity index (χ2n) is 7.50. The highest BCUT2D eigenvalue weighted by Crippen LogP contribution is 2.25. The number of hydrogen-bond acceptors (Lipinski definition) is 8. The van der Waals surface area contributed by atoms with Crippen LogP contribution in [0.25, 0.3) is 28.7 Å². The summed E-state index contributed by atoms with van der Waals surface area (Å²) >= 11 is 0. The number of pyridine rings is 1. The highest BCUT2D eigenvalue weighted by molar-refractivity contribution is 5.66. The fourth-order valence-corrected chi connectivity index (χ4v) is 3.73. The number of likely N-dealkylation sites (tertiary alicyclic amines) is 1. The third-order valence-electron chi connectivity index (χ3n) is 5.21. The summed E-state index contributed by atoms with van der Waals surface area (Å²) in [7, 11) is 1.65. The van der Waals surface area contributed by atoms with Crippen LogP contribution in [0.1, 0.15) is 12.8 Å². The Balaban J connectivity index is 1.56. The van der Waals surface area contributed by atoms with Crippen LogP contribution >= 0.6 is 0 Å². The highest BCUT2D eigenvalue weighted by Gasteiger charge is 2.24. The summed E-state index contributed by atoms with van der Waals surface area (Å²) in [6.45, 7) is 0.846. The number of imidazole rings is 1. The number of fused-ring (bicyclic) bond motifs is 1. The van der Waals surface area contributed by atoms with Crippen LogP contribution in [0.15, 0.2) is 30.6 Å². The molecule has 1 aliphatic rings. The molecule has 1 fully saturated rings. The summed E-state index contributed by atoms with van der Waals surface area (Å²) in [4.78, 5) is 27.5. The van der Waals surface area contributed by atoms with E-state index in [1.165, 1.54) is 22.0 Å². The molecule has 0 aromatic carbocycles. The van der Waals surface area contributed by atoms with Gasteiger partial charge in [0.1, 0.15) is 28.7 Å².